The van der Waals surface area contributed by atoms with Gasteiger partial charge in [0.2, 0.25) is 5.91 Å². The molecule has 0 unspecified atom stereocenters. The Labute approximate surface area is 93.1 Å². The molecule has 5 heteroatoms. The highest BCUT2D eigenvalue weighted by atomic mass is 16.4. The molecule has 4 atom stereocenters. The van der Waals surface area contributed by atoms with Crippen LogP contribution in [0.1, 0.15) is 6.42 Å². The Morgan fingerprint density at radius 1 is 1.31 bits per heavy atom. The molecule has 0 aliphatic heterocycles. The molecule has 1 amide bonds. The van der Waals surface area contributed by atoms with E-state index >= 15 is 0 Å². The number of aliphatic hydroxyl groups excluding tert-OH is 1. The van der Waals surface area contributed by atoms with Gasteiger partial charge in [0.25, 0.3) is 0 Å². The van der Waals surface area contributed by atoms with E-state index in [9.17, 15) is 14.7 Å². The second-order valence-corrected chi connectivity index (χ2v) is 4.33. The van der Waals surface area contributed by atoms with Crippen molar-refractivity contribution < 1.29 is 19.8 Å². The highest BCUT2D eigenvalue weighted by Crippen LogP contribution is 2.47. The molecule has 2 N–H and O–H groups in total. The van der Waals surface area contributed by atoms with Crippen molar-refractivity contribution in [1.29, 1.82) is 0 Å². The van der Waals surface area contributed by atoms with E-state index in [4.69, 9.17) is 5.11 Å². The second-order valence-electron chi connectivity index (χ2n) is 4.33. The van der Waals surface area contributed by atoms with E-state index in [0.29, 0.717) is 0 Å². The van der Waals surface area contributed by atoms with Gasteiger partial charge in [-0.15, -0.1) is 0 Å². The number of carbonyl (C=O) groups is 2. The summed E-state index contributed by atoms with van der Waals surface area (Å²) in [6.45, 7) is 0.0224. The third-order valence-electron chi connectivity index (χ3n) is 3.45. The van der Waals surface area contributed by atoms with Crippen molar-refractivity contribution in [3.63, 3.8) is 0 Å². The molecule has 2 rings (SSSR count). The molecular formula is C11H14NO4-. The Morgan fingerprint density at radius 2 is 1.94 bits per heavy atom. The third-order valence-corrected chi connectivity index (χ3v) is 3.45. The summed E-state index contributed by atoms with van der Waals surface area (Å²) in [7, 11) is 0. The number of aliphatic carboxylic acids is 1. The van der Waals surface area contributed by atoms with Gasteiger partial charge in [-0.25, -0.2) is 0 Å². The van der Waals surface area contributed by atoms with Gasteiger partial charge in [-0.2, -0.15) is 0 Å². The van der Waals surface area contributed by atoms with Gasteiger partial charge in [-0.1, -0.05) is 12.2 Å². The van der Waals surface area contributed by atoms with Crippen LogP contribution in [0.3, 0.4) is 0 Å². The minimum atomic E-state index is -1.15. The Bertz CT molecular complexity index is 339. The van der Waals surface area contributed by atoms with E-state index in [-0.39, 0.29) is 30.9 Å². The fourth-order valence-electron chi connectivity index (χ4n) is 2.80. The molecule has 0 spiro atoms. The summed E-state index contributed by atoms with van der Waals surface area (Å²) in [4.78, 5) is 22.8. The van der Waals surface area contributed by atoms with Gasteiger partial charge >= 0.3 is 0 Å². The smallest absolute Gasteiger partial charge is 0.224 e. The van der Waals surface area contributed by atoms with Gasteiger partial charge in [0.15, 0.2) is 0 Å². The summed E-state index contributed by atoms with van der Waals surface area (Å²) < 4.78 is 0. The van der Waals surface area contributed by atoms with Gasteiger partial charge in [0.1, 0.15) is 0 Å². The number of allylic oxidation sites excluding steroid dienone is 2. The van der Waals surface area contributed by atoms with Crippen LogP contribution in [0, 0.1) is 23.7 Å². The molecule has 1 saturated carbocycles. The lowest BCUT2D eigenvalue weighted by Crippen LogP contribution is -2.45. The van der Waals surface area contributed by atoms with Crippen molar-refractivity contribution in [2.24, 2.45) is 23.7 Å². The number of carboxylic acid groups (broad SMARTS) is 1. The first-order valence-electron chi connectivity index (χ1n) is 5.43. The molecule has 1 fully saturated rings. The Kier molecular flexibility index (Phi) is 2.96. The maximum atomic E-state index is 11.8. The van der Waals surface area contributed by atoms with Crippen molar-refractivity contribution in [3.8, 4) is 0 Å². The number of carboxylic acids is 1. The number of carbonyl (C=O) groups excluding carboxylic acids is 2. The van der Waals surface area contributed by atoms with Crippen LogP contribution in [-0.2, 0) is 9.59 Å². The number of nitrogens with one attached hydrogen (secondary N) is 1. The summed E-state index contributed by atoms with van der Waals surface area (Å²) in [5, 5.41) is 22.1. The van der Waals surface area contributed by atoms with E-state index < -0.39 is 17.8 Å². The molecule has 88 valence electrons. The van der Waals surface area contributed by atoms with Gasteiger partial charge < -0.3 is 20.3 Å². The van der Waals surface area contributed by atoms with E-state index in [1.807, 2.05) is 12.2 Å². The average molecular weight is 224 g/mol. The predicted octanol–water partition coefficient (Wildman–Crippen LogP) is -1.72. The first-order valence-corrected chi connectivity index (χ1v) is 5.43. The van der Waals surface area contributed by atoms with E-state index in [1.54, 1.807) is 0 Å². The lowest BCUT2D eigenvalue weighted by atomic mass is 9.82. The lowest BCUT2D eigenvalue weighted by Gasteiger charge is -2.27. The first kappa shape index (κ1) is 11.1. The van der Waals surface area contributed by atoms with E-state index in [1.165, 1.54) is 0 Å². The predicted molar refractivity (Wildman–Crippen MR) is 52.8 cm³/mol. The number of hydrogen-bond acceptors (Lipinski definition) is 4. The zero-order chi connectivity index (χ0) is 11.7. The zero-order valence-electron chi connectivity index (χ0n) is 8.76. The number of fused-ring (bicyclic) bond motifs is 2. The SMILES string of the molecule is O=C([O-])[C@@H]1[C@@H](C(=O)NCCO)[C@H]2C=C[C@@H]1C2. The number of amides is 1. The Hall–Kier alpha value is -1.36. The molecule has 2 aliphatic carbocycles. The molecule has 0 aromatic carbocycles. The molecule has 0 heterocycles. The maximum absolute atomic E-state index is 11.8. The summed E-state index contributed by atoms with van der Waals surface area (Å²) in [5.74, 6) is -2.76. The molecule has 0 aromatic heterocycles. The minimum absolute atomic E-state index is 0.00610. The quantitative estimate of drug-likeness (QED) is 0.556. The standard InChI is InChI=1S/C11H15NO4/c13-4-3-12-10(14)8-6-1-2-7(5-6)9(8)11(15)16/h1-2,6-9,13H,3-5H2,(H,12,14)(H,15,16)/p-1/t6-,7+,8-,9-/m0/s1. The zero-order valence-corrected chi connectivity index (χ0v) is 8.76. The van der Waals surface area contributed by atoms with Crippen LogP contribution >= 0.6 is 0 Å². The van der Waals surface area contributed by atoms with Crippen molar-refractivity contribution in [3.05, 3.63) is 12.2 Å². The molecule has 2 bridgehead atoms. The fourth-order valence-corrected chi connectivity index (χ4v) is 2.80. The van der Waals surface area contributed by atoms with Gasteiger partial charge in [-0.3, -0.25) is 4.79 Å². The summed E-state index contributed by atoms with van der Waals surface area (Å²) in [6.07, 6.45) is 4.49. The molecule has 0 aromatic rings. The molecule has 2 aliphatic rings. The van der Waals surface area contributed by atoms with Crippen LogP contribution in [0.25, 0.3) is 0 Å². The maximum Gasteiger partial charge on any atom is 0.224 e. The minimum Gasteiger partial charge on any atom is -0.550 e. The summed E-state index contributed by atoms with van der Waals surface area (Å²) >= 11 is 0. The van der Waals surface area contributed by atoms with Crippen LogP contribution in [-0.4, -0.2) is 30.1 Å². The van der Waals surface area contributed by atoms with Crippen molar-refractivity contribution in [2.75, 3.05) is 13.2 Å². The van der Waals surface area contributed by atoms with Gasteiger partial charge in [-0.05, 0) is 18.3 Å². The largest absolute Gasteiger partial charge is 0.550 e. The Balaban J connectivity index is 2.10. The van der Waals surface area contributed by atoms with Crippen molar-refractivity contribution >= 4 is 11.9 Å². The summed E-state index contributed by atoms with van der Waals surface area (Å²) in [5.41, 5.74) is 0. The molecule has 0 saturated heterocycles. The molecule has 16 heavy (non-hydrogen) atoms. The van der Waals surface area contributed by atoms with Crippen LogP contribution < -0.4 is 10.4 Å². The van der Waals surface area contributed by atoms with Crippen LogP contribution in [0.4, 0.5) is 0 Å². The second kappa shape index (κ2) is 4.25. The average Bonchev–Trinajstić information content (AvgIpc) is 2.84. The topological polar surface area (TPSA) is 89.5 Å². The van der Waals surface area contributed by atoms with Crippen molar-refractivity contribution in [1.82, 2.24) is 5.32 Å². The van der Waals surface area contributed by atoms with Crippen LogP contribution in [0.5, 0.6) is 0 Å². The highest BCUT2D eigenvalue weighted by molar-refractivity contribution is 5.86. The molecule has 0 radical (unpaired) electrons. The van der Waals surface area contributed by atoms with Crippen LogP contribution in [0.15, 0.2) is 12.2 Å². The first-order chi connectivity index (χ1) is 7.65. The molecular weight excluding hydrogens is 210 g/mol. The van der Waals surface area contributed by atoms with E-state index in [2.05, 4.69) is 5.32 Å². The normalized spacial score (nSPS) is 35.3. The lowest BCUT2D eigenvalue weighted by molar-refractivity contribution is -0.313. The fraction of sp³-hybridized carbons (Fsp3) is 0.636. The third kappa shape index (κ3) is 1.71. The number of hydrogen-bond donors (Lipinski definition) is 2. The highest BCUT2D eigenvalue weighted by Gasteiger charge is 2.48. The van der Waals surface area contributed by atoms with Gasteiger partial charge in [0.05, 0.1) is 12.5 Å². The Morgan fingerprint density at radius 3 is 2.50 bits per heavy atom. The monoisotopic (exact) mass is 224 g/mol. The van der Waals surface area contributed by atoms with Crippen molar-refractivity contribution in [2.45, 2.75) is 6.42 Å². The van der Waals surface area contributed by atoms with Gasteiger partial charge in [0, 0.05) is 18.4 Å². The van der Waals surface area contributed by atoms with E-state index in [0.717, 1.165) is 6.42 Å². The van der Waals surface area contributed by atoms with Crippen LogP contribution in [0.2, 0.25) is 0 Å². The number of rotatable bonds is 4. The number of aliphatic hydroxyl groups is 1. The molecule has 5 nitrogen and oxygen atoms in total. The summed E-state index contributed by atoms with van der Waals surface area (Å²) in [6, 6.07) is 0.